The molecular formula is C26H26FN5O4. The Morgan fingerprint density at radius 3 is 2.75 bits per heavy atom. The topological polar surface area (TPSA) is 102 Å². The number of aromatic nitrogens is 2. The van der Waals surface area contributed by atoms with Gasteiger partial charge < -0.3 is 29.5 Å². The maximum absolute atomic E-state index is 13.8. The standard InChI is InChI=1S/C26H26FN5O4/c1-5-25(33)30-20-13-19(21(34-4)14-22(20)35-10-9-32(2)3)29-24-12-18-23(15-28-24)36-31-26(18)16-7-6-8-17(27)11-16/h5-8,11-15H,1,9-10H2,2-4H3,(H,28,29)(H,30,33). The van der Waals surface area contributed by atoms with Crippen molar-refractivity contribution in [3.05, 3.63) is 67.1 Å². The molecule has 9 nitrogen and oxygen atoms in total. The normalized spacial score (nSPS) is 10.9. The first-order valence-electron chi connectivity index (χ1n) is 11.1. The lowest BCUT2D eigenvalue weighted by Crippen LogP contribution is -2.20. The number of anilines is 3. The molecule has 0 spiro atoms. The van der Waals surface area contributed by atoms with Gasteiger partial charge in [0.05, 0.1) is 30.1 Å². The van der Waals surface area contributed by atoms with E-state index in [2.05, 4.69) is 27.4 Å². The summed E-state index contributed by atoms with van der Waals surface area (Å²) in [5, 5.41) is 10.7. The second-order valence-electron chi connectivity index (χ2n) is 8.13. The van der Waals surface area contributed by atoms with Crippen molar-refractivity contribution in [1.29, 1.82) is 0 Å². The first kappa shape index (κ1) is 24.7. The highest BCUT2D eigenvalue weighted by atomic mass is 19.1. The van der Waals surface area contributed by atoms with Crippen LogP contribution in [0.5, 0.6) is 11.5 Å². The summed E-state index contributed by atoms with van der Waals surface area (Å²) in [4.78, 5) is 18.4. The number of benzene rings is 2. The van der Waals surface area contributed by atoms with Crippen LogP contribution in [-0.2, 0) is 4.79 Å². The smallest absolute Gasteiger partial charge is 0.247 e. The Bertz CT molecular complexity index is 1400. The van der Waals surface area contributed by atoms with Crippen LogP contribution in [0.4, 0.5) is 21.6 Å². The van der Waals surface area contributed by atoms with E-state index in [0.717, 1.165) is 0 Å². The van der Waals surface area contributed by atoms with Gasteiger partial charge in [-0.15, -0.1) is 0 Å². The first-order valence-corrected chi connectivity index (χ1v) is 11.1. The average Bonchev–Trinajstić information content (AvgIpc) is 3.28. The number of halogens is 1. The van der Waals surface area contributed by atoms with Crippen LogP contribution in [0.2, 0.25) is 0 Å². The Hall–Kier alpha value is -4.44. The molecule has 0 atom stereocenters. The molecule has 1 amide bonds. The van der Waals surface area contributed by atoms with E-state index in [1.165, 1.54) is 31.5 Å². The largest absolute Gasteiger partial charge is 0.494 e. The highest BCUT2D eigenvalue weighted by Crippen LogP contribution is 2.38. The number of nitrogens with one attached hydrogen (secondary N) is 2. The van der Waals surface area contributed by atoms with Crippen molar-refractivity contribution >= 4 is 34.1 Å². The predicted molar refractivity (Wildman–Crippen MR) is 136 cm³/mol. The first-order chi connectivity index (χ1) is 17.4. The lowest BCUT2D eigenvalue weighted by atomic mass is 10.1. The van der Waals surface area contributed by atoms with Gasteiger partial charge in [-0.25, -0.2) is 9.37 Å². The maximum atomic E-state index is 13.8. The number of nitrogens with zero attached hydrogens (tertiary/aromatic N) is 3. The van der Waals surface area contributed by atoms with Crippen molar-refractivity contribution in [3.63, 3.8) is 0 Å². The minimum atomic E-state index is -0.382. The maximum Gasteiger partial charge on any atom is 0.247 e. The Kier molecular flexibility index (Phi) is 7.45. The van der Waals surface area contributed by atoms with E-state index in [1.807, 2.05) is 19.0 Å². The summed E-state index contributed by atoms with van der Waals surface area (Å²) in [5.41, 5.74) is 2.50. The third kappa shape index (κ3) is 5.61. The summed E-state index contributed by atoms with van der Waals surface area (Å²) in [5.74, 6) is 0.633. The highest BCUT2D eigenvalue weighted by molar-refractivity contribution is 6.00. The fourth-order valence-corrected chi connectivity index (χ4v) is 3.46. The third-order valence-corrected chi connectivity index (χ3v) is 5.26. The van der Waals surface area contributed by atoms with Gasteiger partial charge in [-0.05, 0) is 44.4 Å². The Morgan fingerprint density at radius 1 is 1.19 bits per heavy atom. The molecule has 2 aromatic carbocycles. The molecule has 0 bridgehead atoms. The monoisotopic (exact) mass is 491 g/mol. The summed E-state index contributed by atoms with van der Waals surface area (Å²) in [6, 6.07) is 11.2. The van der Waals surface area contributed by atoms with E-state index < -0.39 is 0 Å². The van der Waals surface area contributed by atoms with E-state index in [1.54, 1.807) is 30.3 Å². The minimum Gasteiger partial charge on any atom is -0.494 e. The van der Waals surface area contributed by atoms with Crippen molar-refractivity contribution in [3.8, 4) is 22.8 Å². The number of hydrogen-bond acceptors (Lipinski definition) is 8. The molecule has 4 aromatic rings. The van der Waals surface area contributed by atoms with E-state index in [-0.39, 0.29) is 11.7 Å². The number of likely N-dealkylation sites (N-methyl/N-ethyl adjacent to an activating group) is 1. The second-order valence-corrected chi connectivity index (χ2v) is 8.13. The van der Waals surface area contributed by atoms with Crippen molar-refractivity contribution < 1.29 is 23.2 Å². The molecule has 0 aliphatic carbocycles. The van der Waals surface area contributed by atoms with Gasteiger partial charge in [-0.1, -0.05) is 23.9 Å². The molecule has 0 aliphatic heterocycles. The Labute approximate surface area is 207 Å². The molecule has 36 heavy (non-hydrogen) atoms. The number of pyridine rings is 1. The summed E-state index contributed by atoms with van der Waals surface area (Å²) >= 11 is 0. The van der Waals surface area contributed by atoms with Gasteiger partial charge >= 0.3 is 0 Å². The van der Waals surface area contributed by atoms with Crippen LogP contribution < -0.4 is 20.1 Å². The summed E-state index contributed by atoms with van der Waals surface area (Å²) in [6.07, 6.45) is 2.70. The zero-order valence-electron chi connectivity index (χ0n) is 20.2. The number of methoxy groups -OCH3 is 1. The van der Waals surface area contributed by atoms with Crippen LogP contribution in [0.25, 0.3) is 22.2 Å². The van der Waals surface area contributed by atoms with E-state index in [0.29, 0.717) is 64.1 Å². The molecule has 2 N–H and O–H groups in total. The van der Waals surface area contributed by atoms with Gasteiger partial charge in [-0.2, -0.15) is 0 Å². The SMILES string of the molecule is C=CC(=O)Nc1cc(Nc2cc3c(-c4cccc(F)c4)noc3cn2)c(OC)cc1OCCN(C)C. The fourth-order valence-electron chi connectivity index (χ4n) is 3.46. The molecule has 186 valence electrons. The van der Waals surface area contributed by atoms with E-state index >= 15 is 0 Å². The zero-order valence-corrected chi connectivity index (χ0v) is 20.2. The highest BCUT2D eigenvalue weighted by Gasteiger charge is 2.16. The molecule has 0 saturated heterocycles. The van der Waals surface area contributed by atoms with Crippen LogP contribution in [0.3, 0.4) is 0 Å². The van der Waals surface area contributed by atoms with Crippen molar-refractivity contribution in [2.24, 2.45) is 0 Å². The lowest BCUT2D eigenvalue weighted by molar-refractivity contribution is -0.111. The second kappa shape index (κ2) is 10.9. The number of amides is 1. The lowest BCUT2D eigenvalue weighted by Gasteiger charge is -2.18. The van der Waals surface area contributed by atoms with Gasteiger partial charge in [0, 0.05) is 18.2 Å². The number of fused-ring (bicyclic) bond motifs is 1. The average molecular weight is 492 g/mol. The van der Waals surface area contributed by atoms with Crippen LogP contribution in [-0.4, -0.2) is 55.3 Å². The number of rotatable bonds is 10. The number of carbonyl (C=O) groups is 1. The molecule has 2 aromatic heterocycles. The molecule has 10 heteroatoms. The molecule has 0 unspecified atom stereocenters. The van der Waals surface area contributed by atoms with Gasteiger partial charge in [0.15, 0.2) is 5.58 Å². The number of ether oxygens (including phenoxy) is 2. The zero-order chi connectivity index (χ0) is 25.7. The summed E-state index contributed by atoms with van der Waals surface area (Å²) in [7, 11) is 5.41. The number of carbonyl (C=O) groups excluding carboxylic acids is 1. The molecule has 0 saturated carbocycles. The molecule has 0 radical (unpaired) electrons. The number of hydrogen-bond donors (Lipinski definition) is 2. The predicted octanol–water partition coefficient (Wildman–Crippen LogP) is 4.85. The van der Waals surface area contributed by atoms with Crippen molar-refractivity contribution in [2.45, 2.75) is 0 Å². The van der Waals surface area contributed by atoms with Gasteiger partial charge in [0.1, 0.15) is 35.4 Å². The van der Waals surface area contributed by atoms with Crippen molar-refractivity contribution in [1.82, 2.24) is 15.0 Å². The quantitative estimate of drug-likeness (QED) is 0.304. The molecule has 0 aliphatic rings. The van der Waals surface area contributed by atoms with Crippen LogP contribution >= 0.6 is 0 Å². The van der Waals surface area contributed by atoms with Crippen molar-refractivity contribution in [2.75, 3.05) is 45.0 Å². The van der Waals surface area contributed by atoms with Crippen LogP contribution in [0.15, 0.2) is 65.8 Å². The van der Waals surface area contributed by atoms with E-state index in [4.69, 9.17) is 14.0 Å². The molecule has 0 fully saturated rings. The van der Waals surface area contributed by atoms with Crippen LogP contribution in [0.1, 0.15) is 0 Å². The van der Waals surface area contributed by atoms with Gasteiger partial charge in [0.2, 0.25) is 5.91 Å². The Morgan fingerprint density at radius 2 is 2.03 bits per heavy atom. The van der Waals surface area contributed by atoms with E-state index in [9.17, 15) is 9.18 Å². The molecule has 2 heterocycles. The van der Waals surface area contributed by atoms with Gasteiger partial charge in [-0.3, -0.25) is 4.79 Å². The fraction of sp³-hybridized carbons (Fsp3) is 0.192. The van der Waals surface area contributed by atoms with Crippen LogP contribution in [0, 0.1) is 5.82 Å². The Balaban J connectivity index is 1.69. The molecular weight excluding hydrogens is 465 g/mol. The molecule has 4 rings (SSSR count). The summed E-state index contributed by atoms with van der Waals surface area (Å²) in [6.45, 7) is 4.61. The third-order valence-electron chi connectivity index (χ3n) is 5.26. The minimum absolute atomic E-state index is 0.372. The summed E-state index contributed by atoms with van der Waals surface area (Å²) < 4.78 is 30.6. The van der Waals surface area contributed by atoms with Gasteiger partial charge in [0.25, 0.3) is 0 Å².